The number of hydrogen-bond acceptors (Lipinski definition) is 3. The molecule has 1 fully saturated rings. The van der Waals surface area contributed by atoms with E-state index < -0.39 is 0 Å². The second-order valence-corrected chi connectivity index (χ2v) is 3.76. The topological polar surface area (TPSA) is 55.0 Å². The summed E-state index contributed by atoms with van der Waals surface area (Å²) in [6, 6.07) is 0. The molecule has 1 aliphatic heterocycles. The molecular formula is C10H14N2O2. The zero-order valence-corrected chi connectivity index (χ0v) is 8.19. The Morgan fingerprint density at radius 1 is 1.71 bits per heavy atom. The predicted molar refractivity (Wildman–Crippen MR) is 51.4 cm³/mol. The van der Waals surface area contributed by atoms with Crippen molar-refractivity contribution in [1.29, 1.82) is 0 Å². The third kappa shape index (κ3) is 1.70. The zero-order valence-electron chi connectivity index (χ0n) is 8.19. The quantitative estimate of drug-likeness (QED) is 0.726. The van der Waals surface area contributed by atoms with Gasteiger partial charge >= 0.3 is 0 Å². The van der Waals surface area contributed by atoms with Crippen LogP contribution in [0.15, 0.2) is 6.20 Å². The summed E-state index contributed by atoms with van der Waals surface area (Å²) in [6.07, 6.45) is 4.65. The maximum atomic E-state index is 10.7. The van der Waals surface area contributed by atoms with Gasteiger partial charge in [-0.2, -0.15) is 5.10 Å². The van der Waals surface area contributed by atoms with E-state index in [-0.39, 0.29) is 6.10 Å². The fraction of sp³-hybridized carbons (Fsp3) is 0.600. The Morgan fingerprint density at radius 3 is 3.29 bits per heavy atom. The van der Waals surface area contributed by atoms with Crippen molar-refractivity contribution in [2.75, 3.05) is 6.61 Å². The molecule has 2 rings (SSSR count). The fourth-order valence-corrected chi connectivity index (χ4v) is 1.99. The predicted octanol–water partition coefficient (Wildman–Crippen LogP) is 1.50. The molecule has 0 aliphatic carbocycles. The normalized spacial score (nSPS) is 27.5. The van der Waals surface area contributed by atoms with Gasteiger partial charge in [-0.05, 0) is 19.8 Å². The molecule has 0 saturated carbocycles. The molecule has 2 unspecified atom stereocenters. The number of aromatic amines is 1. The Balaban J connectivity index is 2.17. The summed E-state index contributed by atoms with van der Waals surface area (Å²) in [5.41, 5.74) is 1.65. The number of rotatable bonds is 2. The molecule has 76 valence electrons. The summed E-state index contributed by atoms with van der Waals surface area (Å²) in [5.74, 6) is 0.390. The number of ether oxygens (including phenoxy) is 1. The molecule has 0 amide bonds. The number of nitrogens with one attached hydrogen (secondary N) is 1. The zero-order chi connectivity index (χ0) is 9.97. The second kappa shape index (κ2) is 3.92. The number of aromatic nitrogens is 2. The molecule has 1 aromatic rings. The van der Waals surface area contributed by atoms with E-state index in [1.54, 1.807) is 6.20 Å². The molecule has 2 atom stereocenters. The van der Waals surface area contributed by atoms with E-state index in [0.717, 1.165) is 31.4 Å². The second-order valence-electron chi connectivity index (χ2n) is 3.76. The van der Waals surface area contributed by atoms with Crippen molar-refractivity contribution >= 4 is 6.29 Å². The highest BCUT2D eigenvalue weighted by molar-refractivity contribution is 5.76. The Morgan fingerprint density at radius 2 is 2.57 bits per heavy atom. The van der Waals surface area contributed by atoms with Crippen LogP contribution in [0.5, 0.6) is 0 Å². The van der Waals surface area contributed by atoms with Crippen LogP contribution < -0.4 is 0 Å². The van der Waals surface area contributed by atoms with E-state index in [2.05, 4.69) is 17.1 Å². The minimum atomic E-state index is 0.275. The standard InChI is InChI=1S/C10H14N2O2/c1-7-4-8(2-3-14-7)10-9(6-13)5-11-12-10/h5-8H,2-4H2,1H3,(H,11,12). The van der Waals surface area contributed by atoms with Gasteiger partial charge < -0.3 is 4.74 Å². The van der Waals surface area contributed by atoms with Gasteiger partial charge in [0.15, 0.2) is 6.29 Å². The van der Waals surface area contributed by atoms with Crippen molar-refractivity contribution in [3.8, 4) is 0 Å². The van der Waals surface area contributed by atoms with Crippen LogP contribution in [0.2, 0.25) is 0 Å². The molecule has 0 bridgehead atoms. The lowest BCUT2D eigenvalue weighted by molar-refractivity contribution is 0.0179. The van der Waals surface area contributed by atoms with Gasteiger partial charge in [0.05, 0.1) is 17.9 Å². The van der Waals surface area contributed by atoms with Gasteiger partial charge in [-0.1, -0.05) is 0 Å². The maximum absolute atomic E-state index is 10.7. The first kappa shape index (κ1) is 9.40. The Bertz CT molecular complexity index is 322. The first-order valence-corrected chi connectivity index (χ1v) is 4.91. The van der Waals surface area contributed by atoms with E-state index >= 15 is 0 Å². The highest BCUT2D eigenvalue weighted by Gasteiger charge is 2.23. The average Bonchev–Trinajstić information content (AvgIpc) is 2.65. The van der Waals surface area contributed by atoms with Crippen LogP contribution in [0.25, 0.3) is 0 Å². The first-order chi connectivity index (χ1) is 6.81. The fourth-order valence-electron chi connectivity index (χ4n) is 1.99. The monoisotopic (exact) mass is 194 g/mol. The summed E-state index contributed by atoms with van der Waals surface area (Å²) < 4.78 is 5.46. The number of hydrogen-bond donors (Lipinski definition) is 1. The minimum absolute atomic E-state index is 0.275. The van der Waals surface area contributed by atoms with Gasteiger partial charge in [0.25, 0.3) is 0 Å². The molecule has 1 saturated heterocycles. The SMILES string of the molecule is CC1CC(c2[nH]ncc2C=O)CCO1. The van der Waals surface area contributed by atoms with Crippen LogP contribution in [0.3, 0.4) is 0 Å². The maximum Gasteiger partial charge on any atom is 0.153 e. The van der Waals surface area contributed by atoms with Crippen LogP contribution in [-0.2, 0) is 4.74 Å². The lowest BCUT2D eigenvalue weighted by Crippen LogP contribution is -2.22. The van der Waals surface area contributed by atoms with Gasteiger partial charge in [0.1, 0.15) is 0 Å². The van der Waals surface area contributed by atoms with E-state index in [0.29, 0.717) is 11.5 Å². The summed E-state index contributed by atoms with van der Waals surface area (Å²) in [6.45, 7) is 2.83. The van der Waals surface area contributed by atoms with Crippen molar-refractivity contribution in [3.05, 3.63) is 17.5 Å². The molecule has 4 nitrogen and oxygen atoms in total. The van der Waals surface area contributed by atoms with Crippen molar-refractivity contribution in [2.45, 2.75) is 31.8 Å². The van der Waals surface area contributed by atoms with Crippen LogP contribution in [0.4, 0.5) is 0 Å². The summed E-state index contributed by atoms with van der Waals surface area (Å²) in [4.78, 5) is 10.7. The van der Waals surface area contributed by atoms with Gasteiger partial charge in [-0.25, -0.2) is 0 Å². The van der Waals surface area contributed by atoms with Crippen molar-refractivity contribution < 1.29 is 9.53 Å². The molecular weight excluding hydrogens is 180 g/mol. The van der Waals surface area contributed by atoms with Gasteiger partial charge in [0, 0.05) is 18.2 Å². The average molecular weight is 194 g/mol. The molecule has 4 heteroatoms. The molecule has 1 aliphatic rings. The number of H-pyrrole nitrogens is 1. The lowest BCUT2D eigenvalue weighted by atomic mass is 9.91. The molecule has 1 N–H and O–H groups in total. The summed E-state index contributed by atoms with van der Waals surface area (Å²) in [5, 5.41) is 6.81. The van der Waals surface area contributed by atoms with Crippen LogP contribution in [0, 0.1) is 0 Å². The highest BCUT2D eigenvalue weighted by atomic mass is 16.5. The van der Waals surface area contributed by atoms with E-state index in [1.807, 2.05) is 0 Å². The van der Waals surface area contributed by atoms with Crippen LogP contribution >= 0.6 is 0 Å². The van der Waals surface area contributed by atoms with Crippen molar-refractivity contribution in [3.63, 3.8) is 0 Å². The van der Waals surface area contributed by atoms with Crippen LogP contribution in [-0.4, -0.2) is 29.2 Å². The smallest absolute Gasteiger partial charge is 0.153 e. The third-order valence-electron chi connectivity index (χ3n) is 2.72. The van der Waals surface area contributed by atoms with E-state index in [1.165, 1.54) is 0 Å². The molecule has 0 spiro atoms. The molecule has 14 heavy (non-hydrogen) atoms. The highest BCUT2D eigenvalue weighted by Crippen LogP contribution is 2.29. The van der Waals surface area contributed by atoms with E-state index in [9.17, 15) is 4.79 Å². The van der Waals surface area contributed by atoms with E-state index in [4.69, 9.17) is 4.74 Å². The van der Waals surface area contributed by atoms with Gasteiger partial charge in [-0.3, -0.25) is 9.89 Å². The molecule has 0 radical (unpaired) electrons. The Kier molecular flexibility index (Phi) is 2.63. The largest absolute Gasteiger partial charge is 0.378 e. The van der Waals surface area contributed by atoms with Crippen molar-refractivity contribution in [1.82, 2.24) is 10.2 Å². The first-order valence-electron chi connectivity index (χ1n) is 4.91. The molecule has 2 heterocycles. The number of carbonyl (C=O) groups is 1. The Hall–Kier alpha value is -1.16. The lowest BCUT2D eigenvalue weighted by Gasteiger charge is -2.26. The van der Waals surface area contributed by atoms with Crippen LogP contribution in [0.1, 0.15) is 41.7 Å². The van der Waals surface area contributed by atoms with Crippen molar-refractivity contribution in [2.24, 2.45) is 0 Å². The molecule has 1 aromatic heterocycles. The third-order valence-corrected chi connectivity index (χ3v) is 2.72. The van der Waals surface area contributed by atoms with Gasteiger partial charge in [-0.15, -0.1) is 0 Å². The number of carbonyl (C=O) groups excluding carboxylic acids is 1. The summed E-state index contributed by atoms with van der Waals surface area (Å²) >= 11 is 0. The number of aldehydes is 1. The Labute approximate surface area is 82.7 Å². The van der Waals surface area contributed by atoms with Gasteiger partial charge in [0.2, 0.25) is 0 Å². The number of nitrogens with zero attached hydrogens (tertiary/aromatic N) is 1. The minimum Gasteiger partial charge on any atom is -0.378 e. The molecule has 0 aromatic carbocycles. The summed E-state index contributed by atoms with van der Waals surface area (Å²) in [7, 11) is 0.